The predicted molar refractivity (Wildman–Crippen MR) is 136 cm³/mol. The summed E-state index contributed by atoms with van der Waals surface area (Å²) in [6.45, 7) is 1.85. The molecule has 196 valence electrons. The number of nitrogens with zero attached hydrogens (tertiary/aromatic N) is 3. The van der Waals surface area contributed by atoms with Crippen molar-refractivity contribution in [3.8, 4) is 10.6 Å². The van der Waals surface area contributed by atoms with E-state index < -0.39 is 23.3 Å². The summed E-state index contributed by atoms with van der Waals surface area (Å²) in [6.07, 6.45) is 0.141. The highest BCUT2D eigenvalue weighted by molar-refractivity contribution is 7.15. The summed E-state index contributed by atoms with van der Waals surface area (Å²) in [7, 11) is 1.33. The molecule has 0 fully saturated rings. The minimum Gasteiger partial charge on any atom is -0.465 e. The van der Waals surface area contributed by atoms with Gasteiger partial charge in [-0.3, -0.25) is 0 Å². The summed E-state index contributed by atoms with van der Waals surface area (Å²) in [6, 6.07) is 10.5. The van der Waals surface area contributed by atoms with Gasteiger partial charge in [0, 0.05) is 12.4 Å². The number of thiazole rings is 1. The van der Waals surface area contributed by atoms with Gasteiger partial charge >= 0.3 is 12.1 Å². The summed E-state index contributed by atoms with van der Waals surface area (Å²) in [5.41, 5.74) is 1.25. The molecule has 3 heterocycles. The first-order valence-electron chi connectivity index (χ1n) is 11.8. The molecule has 0 saturated carbocycles. The zero-order valence-corrected chi connectivity index (χ0v) is 21.3. The number of aromatic nitrogens is 3. The minimum atomic E-state index is -4.48. The van der Waals surface area contributed by atoms with Crippen LogP contribution in [0.5, 0.6) is 0 Å². The molecule has 7 nitrogen and oxygen atoms in total. The number of methoxy groups -OCH3 is 1. The number of pyridine rings is 2. The number of rotatable bonds is 5. The lowest BCUT2D eigenvalue weighted by atomic mass is 9.79. The fraction of sp³-hybridized carbons (Fsp3) is 0.259. The van der Waals surface area contributed by atoms with Crippen molar-refractivity contribution in [1.29, 1.82) is 0 Å². The second kappa shape index (κ2) is 9.80. The van der Waals surface area contributed by atoms with Gasteiger partial charge in [0.2, 0.25) is 0 Å². The van der Waals surface area contributed by atoms with Crippen molar-refractivity contribution in [1.82, 2.24) is 15.0 Å². The van der Waals surface area contributed by atoms with Gasteiger partial charge in [-0.15, -0.1) is 11.3 Å². The fourth-order valence-corrected chi connectivity index (χ4v) is 5.60. The number of alkyl halides is 3. The maximum Gasteiger partial charge on any atom is 0.416 e. The van der Waals surface area contributed by atoms with Crippen LogP contribution in [0.4, 0.5) is 24.8 Å². The van der Waals surface area contributed by atoms with Gasteiger partial charge in [-0.05, 0) is 79.3 Å². The number of anilines is 2. The molecule has 0 amide bonds. The number of hydrogen-bond acceptors (Lipinski definition) is 8. The molecule has 0 aliphatic heterocycles. The number of ether oxygens (including phenoxy) is 1. The molecular formula is C27H23F3N4O3S. The van der Waals surface area contributed by atoms with Crippen molar-refractivity contribution in [2.75, 3.05) is 12.4 Å². The highest BCUT2D eigenvalue weighted by Crippen LogP contribution is 2.44. The quantitative estimate of drug-likeness (QED) is 0.298. The number of benzene rings is 1. The lowest BCUT2D eigenvalue weighted by Gasteiger charge is -2.33. The largest absolute Gasteiger partial charge is 0.465 e. The molecule has 0 radical (unpaired) electrons. The summed E-state index contributed by atoms with van der Waals surface area (Å²) < 4.78 is 44.1. The maximum atomic E-state index is 13.1. The SMILES string of the molecule is COC(=O)c1ccc2c(c1)CCC[C@@]2(O)c1ncc(-c2cc(C)cc(Nc3cc(C(F)(F)F)ccn3)n2)s1. The second-order valence-electron chi connectivity index (χ2n) is 9.07. The van der Waals surface area contributed by atoms with E-state index in [0.29, 0.717) is 45.4 Å². The molecule has 1 aromatic carbocycles. The van der Waals surface area contributed by atoms with Gasteiger partial charge in [0.05, 0.1) is 28.8 Å². The molecule has 1 aliphatic carbocycles. The molecule has 2 N–H and O–H groups in total. The summed E-state index contributed by atoms with van der Waals surface area (Å²) in [4.78, 5) is 25.7. The normalized spacial score (nSPS) is 17.1. The smallest absolute Gasteiger partial charge is 0.416 e. The number of esters is 1. The Morgan fingerprint density at radius 3 is 2.71 bits per heavy atom. The monoisotopic (exact) mass is 540 g/mol. The second-order valence-corrected chi connectivity index (χ2v) is 10.1. The maximum absolute atomic E-state index is 13.1. The average Bonchev–Trinajstić information content (AvgIpc) is 3.39. The van der Waals surface area contributed by atoms with Crippen molar-refractivity contribution >= 4 is 28.9 Å². The third-order valence-electron chi connectivity index (χ3n) is 6.38. The van der Waals surface area contributed by atoms with Crippen LogP contribution >= 0.6 is 11.3 Å². The van der Waals surface area contributed by atoms with Gasteiger partial charge < -0.3 is 15.2 Å². The van der Waals surface area contributed by atoms with Crippen LogP contribution in [0.1, 0.15) is 50.5 Å². The summed E-state index contributed by atoms with van der Waals surface area (Å²) in [5.74, 6) is -0.0825. The van der Waals surface area contributed by atoms with Crippen LogP contribution in [-0.4, -0.2) is 33.1 Å². The highest BCUT2D eigenvalue weighted by Gasteiger charge is 2.39. The van der Waals surface area contributed by atoms with Crippen molar-refractivity contribution in [3.63, 3.8) is 0 Å². The Hall–Kier alpha value is -3.83. The van der Waals surface area contributed by atoms with E-state index in [1.165, 1.54) is 18.4 Å². The molecule has 1 aliphatic rings. The van der Waals surface area contributed by atoms with E-state index in [9.17, 15) is 23.1 Å². The Bertz CT molecular complexity index is 1520. The fourth-order valence-electron chi connectivity index (χ4n) is 4.59. The van der Waals surface area contributed by atoms with E-state index >= 15 is 0 Å². The van der Waals surface area contributed by atoms with Crippen LogP contribution in [0, 0.1) is 6.92 Å². The van der Waals surface area contributed by atoms with Gasteiger partial charge in [0.25, 0.3) is 0 Å². The first-order valence-corrected chi connectivity index (χ1v) is 12.6. The third kappa shape index (κ3) is 4.99. The predicted octanol–water partition coefficient (Wildman–Crippen LogP) is 6.03. The highest BCUT2D eigenvalue weighted by atomic mass is 32.1. The minimum absolute atomic E-state index is 0.0216. The molecule has 5 rings (SSSR count). The van der Waals surface area contributed by atoms with Crippen LogP contribution in [-0.2, 0) is 22.9 Å². The molecule has 3 aromatic heterocycles. The summed E-state index contributed by atoms with van der Waals surface area (Å²) in [5, 5.41) is 15.1. The molecule has 0 spiro atoms. The number of carbonyl (C=O) groups excluding carboxylic acids is 1. The zero-order chi connectivity index (χ0) is 27.1. The van der Waals surface area contributed by atoms with Gasteiger partial charge in [-0.1, -0.05) is 6.07 Å². The van der Waals surface area contributed by atoms with E-state index in [2.05, 4.69) is 20.3 Å². The third-order valence-corrected chi connectivity index (χ3v) is 7.55. The van der Waals surface area contributed by atoms with Crippen molar-refractivity contribution in [2.24, 2.45) is 0 Å². The molecule has 1 atom stereocenters. The number of aryl methyl sites for hydroxylation is 2. The number of fused-ring (bicyclic) bond motifs is 1. The van der Waals surface area contributed by atoms with E-state index in [1.54, 1.807) is 30.5 Å². The van der Waals surface area contributed by atoms with Crippen LogP contribution in [0.2, 0.25) is 0 Å². The molecule has 4 aromatic rings. The first-order chi connectivity index (χ1) is 18.1. The first kappa shape index (κ1) is 25.8. The van der Waals surface area contributed by atoms with Crippen LogP contribution < -0.4 is 5.32 Å². The number of aliphatic hydroxyl groups is 1. The average molecular weight is 541 g/mol. The van der Waals surface area contributed by atoms with Gasteiger partial charge in [0.15, 0.2) is 0 Å². The number of nitrogens with one attached hydrogen (secondary N) is 1. The lowest BCUT2D eigenvalue weighted by Crippen LogP contribution is -2.32. The Morgan fingerprint density at radius 1 is 1.13 bits per heavy atom. The van der Waals surface area contributed by atoms with E-state index in [0.717, 1.165) is 35.9 Å². The standard InChI is InChI=1S/C27H23F3N4O3S/c1-15-10-20(33-23(11-15)34-22-13-18(7-9-31-22)27(28,29)30)21-14-32-25(38-21)26(36)8-3-4-16-12-17(24(35)37-2)5-6-19(16)26/h5-7,9-14,36H,3-4,8H2,1-2H3,(H,31,33,34)/t26-/m0/s1. The Labute approximate surface area is 220 Å². The Kier molecular flexibility index (Phi) is 6.66. The van der Waals surface area contributed by atoms with Crippen molar-refractivity contribution in [2.45, 2.75) is 38.0 Å². The topological polar surface area (TPSA) is 97.2 Å². The molecule has 0 unspecified atom stereocenters. The molecule has 11 heteroatoms. The Morgan fingerprint density at radius 2 is 1.95 bits per heavy atom. The zero-order valence-electron chi connectivity index (χ0n) is 20.5. The van der Waals surface area contributed by atoms with Gasteiger partial charge in [0.1, 0.15) is 22.2 Å². The molecule has 0 saturated heterocycles. The van der Waals surface area contributed by atoms with Gasteiger partial charge in [-0.2, -0.15) is 13.2 Å². The molecule has 0 bridgehead atoms. The van der Waals surface area contributed by atoms with E-state index in [-0.39, 0.29) is 5.82 Å². The van der Waals surface area contributed by atoms with Crippen LogP contribution in [0.25, 0.3) is 10.6 Å². The number of halogens is 3. The van der Waals surface area contributed by atoms with Crippen molar-refractivity contribution in [3.05, 3.63) is 87.7 Å². The van der Waals surface area contributed by atoms with Crippen molar-refractivity contribution < 1.29 is 27.8 Å². The van der Waals surface area contributed by atoms with Crippen LogP contribution in [0.15, 0.2) is 54.9 Å². The lowest BCUT2D eigenvalue weighted by molar-refractivity contribution is -0.137. The number of hydrogen-bond donors (Lipinski definition) is 2. The summed E-state index contributed by atoms with van der Waals surface area (Å²) >= 11 is 1.29. The molecule has 38 heavy (non-hydrogen) atoms. The van der Waals surface area contributed by atoms with Gasteiger partial charge in [-0.25, -0.2) is 19.7 Å². The number of carbonyl (C=O) groups is 1. The molecular weight excluding hydrogens is 517 g/mol. The van der Waals surface area contributed by atoms with E-state index in [1.807, 2.05) is 13.0 Å². The Balaban J connectivity index is 1.45. The van der Waals surface area contributed by atoms with Crippen LogP contribution in [0.3, 0.4) is 0 Å². The van der Waals surface area contributed by atoms with E-state index in [4.69, 9.17) is 4.74 Å².